The Morgan fingerprint density at radius 3 is 2.52 bits per heavy atom. The Morgan fingerprint density at radius 2 is 1.74 bits per heavy atom. The minimum atomic E-state index is -0.542. The molecular formula is C22H25N2O3+. The van der Waals surface area contributed by atoms with E-state index < -0.39 is 6.10 Å². The number of carbonyl (C=O) groups excluding carboxylic acids is 1. The van der Waals surface area contributed by atoms with Crippen molar-refractivity contribution in [2.24, 2.45) is 0 Å². The lowest BCUT2D eigenvalue weighted by Crippen LogP contribution is -3.14. The van der Waals surface area contributed by atoms with Crippen LogP contribution in [0.4, 0.5) is 0 Å². The third-order valence-corrected chi connectivity index (χ3v) is 5.08. The summed E-state index contributed by atoms with van der Waals surface area (Å²) < 4.78 is 11.5. The number of para-hydroxylation sites is 2. The molecule has 0 saturated carbocycles. The molecule has 5 nitrogen and oxygen atoms in total. The van der Waals surface area contributed by atoms with Crippen LogP contribution < -0.4 is 14.4 Å². The summed E-state index contributed by atoms with van der Waals surface area (Å²) in [6, 6.07) is 17.8. The number of benzene rings is 2. The largest absolute Gasteiger partial charge is 0.485 e. The van der Waals surface area contributed by atoms with Gasteiger partial charge in [-0.2, -0.15) is 0 Å². The molecule has 2 heterocycles. The van der Waals surface area contributed by atoms with Gasteiger partial charge >= 0.3 is 0 Å². The van der Waals surface area contributed by atoms with Gasteiger partial charge in [-0.15, -0.1) is 0 Å². The summed E-state index contributed by atoms with van der Waals surface area (Å²) in [7, 11) is 0. The highest BCUT2D eigenvalue weighted by Crippen LogP contribution is 2.31. The van der Waals surface area contributed by atoms with Gasteiger partial charge < -0.3 is 19.3 Å². The van der Waals surface area contributed by atoms with Crippen LogP contribution in [-0.2, 0) is 4.79 Å². The fourth-order valence-electron chi connectivity index (χ4n) is 3.52. The maximum Gasteiger partial charge on any atom is 0.267 e. The topological polar surface area (TPSA) is 43.2 Å². The summed E-state index contributed by atoms with van der Waals surface area (Å²) in [6.45, 7) is 4.68. The van der Waals surface area contributed by atoms with E-state index in [4.69, 9.17) is 9.47 Å². The number of piperazine rings is 1. The van der Waals surface area contributed by atoms with Crippen LogP contribution in [0.5, 0.6) is 11.5 Å². The molecule has 2 aliphatic heterocycles. The van der Waals surface area contributed by atoms with Crippen molar-refractivity contribution in [3.05, 3.63) is 66.2 Å². The minimum Gasteiger partial charge on any atom is -0.485 e. The monoisotopic (exact) mass is 365 g/mol. The van der Waals surface area contributed by atoms with Crippen LogP contribution in [0, 0.1) is 0 Å². The first kappa shape index (κ1) is 17.6. The van der Waals surface area contributed by atoms with Gasteiger partial charge in [0.1, 0.15) is 6.61 Å². The summed E-state index contributed by atoms with van der Waals surface area (Å²) >= 11 is 0. The maximum absolute atomic E-state index is 12.8. The van der Waals surface area contributed by atoms with E-state index in [1.165, 1.54) is 10.5 Å². The molecule has 0 bridgehead atoms. The first-order valence-electron chi connectivity index (χ1n) is 9.52. The Morgan fingerprint density at radius 1 is 1.04 bits per heavy atom. The van der Waals surface area contributed by atoms with Gasteiger partial charge in [-0.3, -0.25) is 4.79 Å². The number of ether oxygens (including phenoxy) is 2. The predicted octanol–water partition coefficient (Wildman–Crippen LogP) is 1.27. The number of hydrogen-bond donors (Lipinski definition) is 1. The van der Waals surface area contributed by atoms with Crippen LogP contribution in [0.25, 0.3) is 6.08 Å². The van der Waals surface area contributed by atoms with Crippen molar-refractivity contribution in [1.29, 1.82) is 0 Å². The molecule has 0 radical (unpaired) electrons. The molecule has 2 aromatic rings. The number of rotatable bonds is 4. The molecule has 5 heteroatoms. The molecule has 140 valence electrons. The number of carbonyl (C=O) groups is 1. The fraction of sp³-hybridized carbons (Fsp3) is 0.318. The SMILES string of the molecule is O=C([C@@H]1COc2ccccc2O1)N1CC[NH+](C/C=C/c2ccccc2)CC1. The second-order valence-electron chi connectivity index (χ2n) is 6.96. The zero-order chi connectivity index (χ0) is 18.5. The Labute approximate surface area is 159 Å². The molecule has 27 heavy (non-hydrogen) atoms. The summed E-state index contributed by atoms with van der Waals surface area (Å²) in [5, 5.41) is 0. The molecule has 1 atom stereocenters. The second kappa shape index (κ2) is 8.27. The molecule has 1 N–H and O–H groups in total. The molecule has 0 unspecified atom stereocenters. The van der Waals surface area contributed by atoms with E-state index >= 15 is 0 Å². The summed E-state index contributed by atoms with van der Waals surface area (Å²) in [6.07, 6.45) is 3.84. The van der Waals surface area contributed by atoms with E-state index in [0.717, 1.165) is 32.7 Å². The van der Waals surface area contributed by atoms with Gasteiger partial charge in [0.15, 0.2) is 11.5 Å². The second-order valence-corrected chi connectivity index (χ2v) is 6.96. The van der Waals surface area contributed by atoms with E-state index in [0.29, 0.717) is 11.5 Å². The lowest BCUT2D eigenvalue weighted by Gasteiger charge is -2.35. The average molecular weight is 365 g/mol. The fourth-order valence-corrected chi connectivity index (χ4v) is 3.52. The van der Waals surface area contributed by atoms with Gasteiger partial charge in [0.2, 0.25) is 6.10 Å². The normalized spacial score (nSPS) is 20.0. The first-order chi connectivity index (χ1) is 13.3. The summed E-state index contributed by atoms with van der Waals surface area (Å²) in [5.74, 6) is 1.39. The molecule has 1 amide bonds. The van der Waals surface area contributed by atoms with E-state index in [1.54, 1.807) is 0 Å². The Hall–Kier alpha value is -2.79. The predicted molar refractivity (Wildman–Crippen MR) is 104 cm³/mol. The molecule has 2 aliphatic rings. The van der Waals surface area contributed by atoms with Crippen molar-refractivity contribution in [1.82, 2.24) is 4.90 Å². The Bertz CT molecular complexity index is 798. The standard InChI is InChI=1S/C22H24N2O3/c25-22(21-17-26-19-10-4-5-11-20(19)27-21)24-15-13-23(14-16-24)12-6-9-18-7-2-1-3-8-18/h1-11,21H,12-17H2/p+1/b9-6+/t21-/m0/s1. The van der Waals surface area contributed by atoms with Crippen LogP contribution in [0.2, 0.25) is 0 Å². The molecule has 0 aromatic heterocycles. The highest BCUT2D eigenvalue weighted by molar-refractivity contribution is 5.82. The lowest BCUT2D eigenvalue weighted by atomic mass is 10.2. The molecule has 1 saturated heterocycles. The molecule has 0 spiro atoms. The van der Waals surface area contributed by atoms with Gasteiger partial charge in [0.25, 0.3) is 5.91 Å². The zero-order valence-electron chi connectivity index (χ0n) is 15.3. The number of nitrogens with one attached hydrogen (secondary N) is 1. The van der Waals surface area contributed by atoms with E-state index in [1.807, 2.05) is 47.4 Å². The molecule has 2 aromatic carbocycles. The number of quaternary nitrogens is 1. The maximum atomic E-state index is 12.8. The summed E-state index contributed by atoms with van der Waals surface area (Å²) in [4.78, 5) is 16.2. The molecule has 0 aliphatic carbocycles. The number of nitrogens with zero attached hydrogens (tertiary/aromatic N) is 1. The van der Waals surface area contributed by atoms with Crippen molar-refractivity contribution >= 4 is 12.0 Å². The van der Waals surface area contributed by atoms with Crippen LogP contribution in [-0.4, -0.2) is 56.2 Å². The number of hydrogen-bond acceptors (Lipinski definition) is 3. The Balaban J connectivity index is 1.25. The van der Waals surface area contributed by atoms with Crippen molar-refractivity contribution in [2.75, 3.05) is 39.3 Å². The van der Waals surface area contributed by atoms with Crippen molar-refractivity contribution in [3.8, 4) is 11.5 Å². The zero-order valence-corrected chi connectivity index (χ0v) is 15.3. The van der Waals surface area contributed by atoms with Crippen LogP contribution in [0.1, 0.15) is 5.56 Å². The van der Waals surface area contributed by atoms with Crippen molar-refractivity contribution in [2.45, 2.75) is 6.10 Å². The van der Waals surface area contributed by atoms with Crippen molar-refractivity contribution < 1.29 is 19.2 Å². The lowest BCUT2D eigenvalue weighted by molar-refractivity contribution is -0.898. The number of amides is 1. The quantitative estimate of drug-likeness (QED) is 0.887. The van der Waals surface area contributed by atoms with E-state index in [9.17, 15) is 4.79 Å². The first-order valence-corrected chi connectivity index (χ1v) is 9.52. The minimum absolute atomic E-state index is 0.0309. The summed E-state index contributed by atoms with van der Waals surface area (Å²) in [5.41, 5.74) is 1.22. The van der Waals surface area contributed by atoms with E-state index in [2.05, 4.69) is 24.3 Å². The van der Waals surface area contributed by atoms with Gasteiger partial charge in [-0.05, 0) is 23.8 Å². The third-order valence-electron chi connectivity index (χ3n) is 5.08. The van der Waals surface area contributed by atoms with Gasteiger partial charge in [0, 0.05) is 0 Å². The highest BCUT2D eigenvalue weighted by atomic mass is 16.6. The molecule has 4 rings (SSSR count). The molecule has 1 fully saturated rings. The smallest absolute Gasteiger partial charge is 0.267 e. The van der Waals surface area contributed by atoms with Crippen LogP contribution >= 0.6 is 0 Å². The van der Waals surface area contributed by atoms with Gasteiger partial charge in [0.05, 0.1) is 32.7 Å². The van der Waals surface area contributed by atoms with Crippen LogP contribution in [0.3, 0.4) is 0 Å². The van der Waals surface area contributed by atoms with Crippen molar-refractivity contribution in [3.63, 3.8) is 0 Å². The van der Waals surface area contributed by atoms with Gasteiger partial charge in [-0.1, -0.05) is 48.5 Å². The third kappa shape index (κ3) is 4.31. The van der Waals surface area contributed by atoms with E-state index in [-0.39, 0.29) is 12.5 Å². The number of fused-ring (bicyclic) bond motifs is 1. The van der Waals surface area contributed by atoms with Gasteiger partial charge in [-0.25, -0.2) is 0 Å². The molecular weight excluding hydrogens is 340 g/mol. The average Bonchev–Trinajstić information content (AvgIpc) is 2.74. The highest BCUT2D eigenvalue weighted by Gasteiger charge is 2.33. The van der Waals surface area contributed by atoms with Crippen LogP contribution in [0.15, 0.2) is 60.7 Å². The Kier molecular flexibility index (Phi) is 5.39.